The largest absolute Gasteiger partial charge is 0.462 e. The minimum absolute atomic E-state index is 0.0339. The molecule has 4 heterocycles. The maximum absolute atomic E-state index is 12.7. The summed E-state index contributed by atoms with van der Waals surface area (Å²) in [5.74, 6) is -0.526. The first-order chi connectivity index (χ1) is 14.1. The molecule has 1 amide bonds. The fraction of sp³-hybridized carbons (Fsp3) is 0.400. The molecule has 1 unspecified atom stereocenters. The van der Waals surface area contributed by atoms with Crippen LogP contribution in [0.1, 0.15) is 23.7 Å². The predicted molar refractivity (Wildman–Crippen MR) is 112 cm³/mol. The lowest BCUT2D eigenvalue weighted by Crippen LogP contribution is -2.51. The summed E-state index contributed by atoms with van der Waals surface area (Å²) >= 11 is 1.55. The molecule has 2 aromatic heterocycles. The third-order valence-electron chi connectivity index (χ3n) is 5.10. The molecule has 2 aliphatic rings. The van der Waals surface area contributed by atoms with Gasteiger partial charge in [-0.15, -0.1) is 11.8 Å². The van der Waals surface area contributed by atoms with Crippen molar-refractivity contribution in [1.29, 1.82) is 0 Å². The number of hydrogen-bond acceptors (Lipinski definition) is 7. The number of aromatic nitrogens is 2. The van der Waals surface area contributed by atoms with Crippen molar-refractivity contribution in [3.05, 3.63) is 45.7 Å². The minimum Gasteiger partial charge on any atom is -0.462 e. The van der Waals surface area contributed by atoms with E-state index in [2.05, 4.69) is 9.97 Å². The Hall–Kier alpha value is -2.81. The van der Waals surface area contributed by atoms with Gasteiger partial charge in [-0.1, -0.05) is 6.08 Å². The number of hydrogen-bond donors (Lipinski definition) is 1. The van der Waals surface area contributed by atoms with E-state index in [9.17, 15) is 14.4 Å². The van der Waals surface area contributed by atoms with Gasteiger partial charge in [0.1, 0.15) is 5.52 Å². The summed E-state index contributed by atoms with van der Waals surface area (Å²) in [5, 5.41) is 1.93. The van der Waals surface area contributed by atoms with Crippen molar-refractivity contribution < 1.29 is 14.3 Å². The van der Waals surface area contributed by atoms with Crippen LogP contribution in [0, 0.1) is 0 Å². The molecule has 0 saturated carbocycles. The first-order valence-corrected chi connectivity index (χ1v) is 10.6. The minimum atomic E-state index is -0.664. The van der Waals surface area contributed by atoms with E-state index in [0.717, 1.165) is 6.42 Å². The maximum Gasteiger partial charge on any atom is 0.346 e. The number of nitrogens with zero attached hydrogens (tertiary/aromatic N) is 3. The van der Waals surface area contributed by atoms with E-state index >= 15 is 0 Å². The molecular weight excluding hydrogens is 392 g/mol. The van der Waals surface area contributed by atoms with Gasteiger partial charge in [0.15, 0.2) is 5.56 Å². The summed E-state index contributed by atoms with van der Waals surface area (Å²) in [6, 6.07) is 3.49. The number of allylic oxidation sites excluding steroid dienone is 1. The van der Waals surface area contributed by atoms with E-state index in [1.54, 1.807) is 37.0 Å². The van der Waals surface area contributed by atoms with Crippen LogP contribution >= 0.6 is 11.8 Å². The van der Waals surface area contributed by atoms with E-state index in [1.165, 1.54) is 0 Å². The van der Waals surface area contributed by atoms with Crippen LogP contribution in [-0.4, -0.2) is 64.8 Å². The Bertz CT molecular complexity index is 1020. The number of ether oxygens (including phenoxy) is 1. The van der Waals surface area contributed by atoms with Crippen LogP contribution in [-0.2, 0) is 9.53 Å². The van der Waals surface area contributed by atoms with Gasteiger partial charge in [0.05, 0.1) is 23.1 Å². The highest BCUT2D eigenvalue weighted by Gasteiger charge is 2.31. The molecular formula is C20H22N4O4S. The van der Waals surface area contributed by atoms with E-state index in [1.807, 2.05) is 21.3 Å². The number of aromatic amines is 1. The lowest BCUT2D eigenvalue weighted by atomic mass is 10.1. The predicted octanol–water partition coefficient (Wildman–Crippen LogP) is 1.77. The van der Waals surface area contributed by atoms with Gasteiger partial charge >= 0.3 is 5.97 Å². The second-order valence-electron chi connectivity index (χ2n) is 6.84. The van der Waals surface area contributed by atoms with E-state index in [4.69, 9.17) is 4.74 Å². The number of H-pyrrole nitrogens is 1. The third-order valence-corrected chi connectivity index (χ3v) is 6.17. The van der Waals surface area contributed by atoms with Crippen molar-refractivity contribution in [2.24, 2.45) is 0 Å². The van der Waals surface area contributed by atoms with Crippen LogP contribution < -0.4 is 10.5 Å². The molecule has 8 nitrogen and oxygen atoms in total. The SMILES string of the molecule is CCOC(=O)c1c(N2CCN(C(=O)C3CC=CS3)CC2)c2ncccc2[nH]c1=O. The van der Waals surface area contributed by atoms with Crippen LogP contribution in [0.15, 0.2) is 34.6 Å². The molecule has 1 saturated heterocycles. The molecule has 9 heteroatoms. The van der Waals surface area contributed by atoms with Gasteiger partial charge in [-0.2, -0.15) is 0 Å². The zero-order valence-electron chi connectivity index (χ0n) is 16.1. The summed E-state index contributed by atoms with van der Waals surface area (Å²) in [6.45, 7) is 3.95. The van der Waals surface area contributed by atoms with Crippen LogP contribution in [0.2, 0.25) is 0 Å². The van der Waals surface area contributed by atoms with Gasteiger partial charge < -0.3 is 19.5 Å². The van der Waals surface area contributed by atoms with Crippen LogP contribution in [0.25, 0.3) is 11.0 Å². The normalized spacial score (nSPS) is 19.0. The summed E-state index contributed by atoms with van der Waals surface area (Å²) in [7, 11) is 0. The highest BCUT2D eigenvalue weighted by atomic mass is 32.2. The van der Waals surface area contributed by atoms with Gasteiger partial charge in [0, 0.05) is 32.4 Å². The van der Waals surface area contributed by atoms with Gasteiger partial charge in [-0.3, -0.25) is 14.6 Å². The lowest BCUT2D eigenvalue weighted by Gasteiger charge is -2.37. The molecule has 0 aromatic carbocycles. The Morgan fingerprint density at radius 2 is 2.10 bits per heavy atom. The summed E-state index contributed by atoms with van der Waals surface area (Å²) in [4.78, 5) is 48.8. The smallest absolute Gasteiger partial charge is 0.346 e. The summed E-state index contributed by atoms with van der Waals surface area (Å²) in [6.07, 6.45) is 4.41. The van der Waals surface area contributed by atoms with Crippen molar-refractivity contribution in [2.75, 3.05) is 37.7 Å². The van der Waals surface area contributed by atoms with Crippen LogP contribution in [0.4, 0.5) is 5.69 Å². The number of carbonyl (C=O) groups excluding carboxylic acids is 2. The highest BCUT2D eigenvalue weighted by Crippen LogP contribution is 2.29. The lowest BCUT2D eigenvalue weighted by molar-refractivity contribution is -0.130. The first-order valence-electron chi connectivity index (χ1n) is 9.62. The average molecular weight is 414 g/mol. The zero-order chi connectivity index (χ0) is 20.4. The number of anilines is 1. The molecule has 0 spiro atoms. The van der Waals surface area contributed by atoms with Crippen molar-refractivity contribution in [3.63, 3.8) is 0 Å². The molecule has 29 heavy (non-hydrogen) atoms. The molecule has 0 radical (unpaired) electrons. The second-order valence-corrected chi connectivity index (χ2v) is 7.96. The van der Waals surface area contributed by atoms with E-state index in [-0.39, 0.29) is 23.3 Å². The van der Waals surface area contributed by atoms with Gasteiger partial charge in [0.2, 0.25) is 5.91 Å². The molecule has 1 atom stereocenters. The number of carbonyl (C=O) groups is 2. The first kappa shape index (κ1) is 19.5. The summed E-state index contributed by atoms with van der Waals surface area (Å²) < 4.78 is 5.13. The molecule has 1 fully saturated rings. The Balaban J connectivity index is 1.65. The van der Waals surface area contributed by atoms with Gasteiger partial charge in [-0.05, 0) is 30.9 Å². The second kappa shape index (κ2) is 8.28. The third kappa shape index (κ3) is 3.74. The molecule has 2 aromatic rings. The zero-order valence-corrected chi connectivity index (χ0v) is 16.9. The van der Waals surface area contributed by atoms with Gasteiger partial charge in [0.25, 0.3) is 5.56 Å². The van der Waals surface area contributed by atoms with Crippen molar-refractivity contribution in [1.82, 2.24) is 14.9 Å². The van der Waals surface area contributed by atoms with Crippen LogP contribution in [0.5, 0.6) is 0 Å². The topological polar surface area (TPSA) is 95.6 Å². The van der Waals surface area contributed by atoms with Crippen molar-refractivity contribution in [3.8, 4) is 0 Å². The highest BCUT2D eigenvalue weighted by molar-refractivity contribution is 8.03. The monoisotopic (exact) mass is 414 g/mol. The number of thioether (sulfide) groups is 1. The Kier molecular flexibility index (Phi) is 5.57. The van der Waals surface area contributed by atoms with Crippen molar-refractivity contribution in [2.45, 2.75) is 18.6 Å². The Labute approximate surface area is 171 Å². The summed E-state index contributed by atoms with van der Waals surface area (Å²) in [5.41, 5.74) is 1.06. The van der Waals surface area contributed by atoms with Crippen molar-refractivity contribution >= 4 is 40.4 Å². The Morgan fingerprint density at radius 1 is 1.31 bits per heavy atom. The number of rotatable bonds is 4. The molecule has 0 bridgehead atoms. The van der Waals surface area contributed by atoms with Gasteiger partial charge in [-0.25, -0.2) is 4.79 Å². The number of amides is 1. The van der Waals surface area contributed by atoms with E-state index in [0.29, 0.717) is 42.9 Å². The number of fused-ring (bicyclic) bond motifs is 1. The fourth-order valence-corrected chi connectivity index (χ4v) is 4.60. The maximum atomic E-state index is 12.7. The molecule has 1 N–H and O–H groups in total. The molecule has 4 rings (SSSR count). The van der Waals surface area contributed by atoms with E-state index < -0.39 is 11.5 Å². The molecule has 2 aliphatic heterocycles. The Morgan fingerprint density at radius 3 is 2.79 bits per heavy atom. The fourth-order valence-electron chi connectivity index (χ4n) is 3.70. The average Bonchev–Trinajstić information content (AvgIpc) is 3.27. The quantitative estimate of drug-likeness (QED) is 0.762. The molecule has 152 valence electrons. The standard InChI is InChI=1S/C20H22N4O4S/c1-2-28-20(27)15-17(16-13(22-18(15)25)5-3-7-21-16)23-8-10-24(11-9-23)19(26)14-6-4-12-29-14/h3-5,7,12,14H,2,6,8-11H2,1H3,(H,22,25). The number of piperazine rings is 1. The molecule has 0 aliphatic carbocycles. The number of esters is 1. The number of pyridine rings is 2. The number of nitrogens with one attached hydrogen (secondary N) is 1. The van der Waals surface area contributed by atoms with Crippen LogP contribution in [0.3, 0.4) is 0 Å².